The Kier molecular flexibility index (Phi) is 4.81. The van der Waals surface area contributed by atoms with Gasteiger partial charge in [-0.05, 0) is 44.5 Å². The van der Waals surface area contributed by atoms with Crippen LogP contribution in [0.1, 0.15) is 25.0 Å². The van der Waals surface area contributed by atoms with Crippen LogP contribution >= 0.6 is 0 Å². The Balaban J connectivity index is 2.17. The van der Waals surface area contributed by atoms with E-state index in [-0.39, 0.29) is 12.5 Å². The highest BCUT2D eigenvalue weighted by Crippen LogP contribution is 2.28. The van der Waals surface area contributed by atoms with Gasteiger partial charge in [0.2, 0.25) is 5.91 Å². The minimum Gasteiger partial charge on any atom is -0.351 e. The molecule has 26 heavy (non-hydrogen) atoms. The van der Waals surface area contributed by atoms with Crippen LogP contribution in [-0.4, -0.2) is 46.9 Å². The summed E-state index contributed by atoms with van der Waals surface area (Å²) in [5.41, 5.74) is 3.81. The molecule has 1 amide bonds. The number of amides is 1. The Bertz CT molecular complexity index is 1010. The van der Waals surface area contributed by atoms with E-state index in [1.54, 1.807) is 0 Å². The lowest BCUT2D eigenvalue weighted by Gasteiger charge is -2.25. The largest absolute Gasteiger partial charge is 0.351 e. The molecule has 6 heteroatoms. The van der Waals surface area contributed by atoms with Gasteiger partial charge in [0, 0.05) is 20.1 Å². The second kappa shape index (κ2) is 7.04. The van der Waals surface area contributed by atoms with E-state index in [4.69, 9.17) is 0 Å². The molecule has 0 bridgehead atoms. The minimum atomic E-state index is 0.0806. The molecule has 0 aliphatic heterocycles. The molecule has 0 atom stereocenters. The fraction of sp³-hybridized carbons (Fsp3) is 0.350. The Labute approximate surface area is 153 Å². The van der Waals surface area contributed by atoms with Gasteiger partial charge < -0.3 is 9.80 Å². The zero-order chi connectivity index (χ0) is 18.8. The number of hydrogen-bond donors (Lipinski definition) is 0. The lowest BCUT2D eigenvalue weighted by molar-refractivity contribution is -0.129. The average Bonchev–Trinajstić information content (AvgIpc) is 3.01. The Morgan fingerprint density at radius 1 is 1.27 bits per heavy atom. The van der Waals surface area contributed by atoms with Gasteiger partial charge in [0.25, 0.3) is 0 Å². The zero-order valence-corrected chi connectivity index (χ0v) is 15.7. The molecular formula is C20H23N5O. The first-order chi connectivity index (χ1) is 12.5. The van der Waals surface area contributed by atoms with E-state index in [9.17, 15) is 10.1 Å². The number of carbonyl (C=O) groups excluding carboxylic acids is 1. The first kappa shape index (κ1) is 17.7. The molecule has 2 aromatic heterocycles. The van der Waals surface area contributed by atoms with Crippen LogP contribution in [-0.2, 0) is 4.79 Å². The van der Waals surface area contributed by atoms with Crippen molar-refractivity contribution in [3.05, 3.63) is 41.5 Å². The number of hydrogen-bond acceptors (Lipinski definition) is 4. The van der Waals surface area contributed by atoms with Gasteiger partial charge in [-0.2, -0.15) is 5.26 Å². The van der Waals surface area contributed by atoms with Gasteiger partial charge >= 0.3 is 0 Å². The average molecular weight is 349 g/mol. The van der Waals surface area contributed by atoms with E-state index in [1.165, 1.54) is 0 Å². The van der Waals surface area contributed by atoms with E-state index in [1.807, 2.05) is 72.4 Å². The molecule has 0 radical (unpaired) electrons. The van der Waals surface area contributed by atoms with Crippen LogP contribution in [0.15, 0.2) is 30.3 Å². The number of para-hydroxylation sites is 2. The highest BCUT2D eigenvalue weighted by atomic mass is 16.2. The number of nitrogens with zero attached hydrogens (tertiary/aromatic N) is 5. The van der Waals surface area contributed by atoms with Gasteiger partial charge in [-0.25, -0.2) is 4.98 Å². The Hall–Kier alpha value is -3.07. The Morgan fingerprint density at radius 2 is 1.96 bits per heavy atom. The van der Waals surface area contributed by atoms with Crippen molar-refractivity contribution in [2.24, 2.45) is 0 Å². The van der Waals surface area contributed by atoms with Gasteiger partial charge in [-0.15, -0.1) is 0 Å². The highest BCUT2D eigenvalue weighted by molar-refractivity contribution is 5.86. The SMILES string of the molecule is CCN(CC)C(=O)CN(C)c1cc(C)c(C#N)c2nc3ccccc3n12. The summed E-state index contributed by atoms with van der Waals surface area (Å²) < 4.78 is 1.97. The van der Waals surface area contributed by atoms with Gasteiger partial charge in [0.15, 0.2) is 5.65 Å². The zero-order valence-electron chi connectivity index (χ0n) is 15.7. The van der Waals surface area contributed by atoms with Crippen molar-refractivity contribution in [1.82, 2.24) is 14.3 Å². The number of anilines is 1. The molecule has 134 valence electrons. The monoisotopic (exact) mass is 349 g/mol. The van der Waals surface area contributed by atoms with E-state index >= 15 is 0 Å². The van der Waals surface area contributed by atoms with Gasteiger partial charge in [-0.1, -0.05) is 12.1 Å². The van der Waals surface area contributed by atoms with Crippen molar-refractivity contribution in [3.63, 3.8) is 0 Å². The van der Waals surface area contributed by atoms with Crippen molar-refractivity contribution in [2.45, 2.75) is 20.8 Å². The predicted molar refractivity (Wildman–Crippen MR) is 103 cm³/mol. The molecule has 2 heterocycles. The minimum absolute atomic E-state index is 0.0806. The maximum Gasteiger partial charge on any atom is 0.242 e. The third-order valence-electron chi connectivity index (χ3n) is 4.74. The quantitative estimate of drug-likeness (QED) is 0.710. The fourth-order valence-electron chi connectivity index (χ4n) is 3.31. The summed E-state index contributed by atoms with van der Waals surface area (Å²) in [5, 5.41) is 9.58. The lowest BCUT2D eigenvalue weighted by Crippen LogP contribution is -2.39. The smallest absolute Gasteiger partial charge is 0.242 e. The first-order valence-electron chi connectivity index (χ1n) is 8.81. The molecule has 0 unspecified atom stereocenters. The number of nitriles is 1. The molecule has 0 fully saturated rings. The molecule has 0 spiro atoms. The van der Waals surface area contributed by atoms with E-state index < -0.39 is 0 Å². The standard InChI is InChI=1S/C20H23N5O/c1-5-24(6-2)19(26)13-23(4)18-11-14(3)15(12-21)20-22-16-9-7-8-10-17(16)25(18)20/h7-11H,5-6,13H2,1-4H3. The molecule has 0 saturated heterocycles. The number of aryl methyl sites for hydroxylation is 1. The van der Waals surface area contributed by atoms with E-state index in [2.05, 4.69) is 11.1 Å². The molecular weight excluding hydrogens is 326 g/mol. The molecule has 1 aromatic carbocycles. The third kappa shape index (κ3) is 2.86. The number of likely N-dealkylation sites (N-methyl/N-ethyl adjacent to an activating group) is 2. The van der Waals surface area contributed by atoms with Crippen LogP contribution in [0.25, 0.3) is 16.7 Å². The third-order valence-corrected chi connectivity index (χ3v) is 4.74. The van der Waals surface area contributed by atoms with Crippen LogP contribution < -0.4 is 4.90 Å². The first-order valence-corrected chi connectivity index (χ1v) is 8.81. The number of benzene rings is 1. The number of pyridine rings is 1. The second-order valence-electron chi connectivity index (χ2n) is 6.35. The van der Waals surface area contributed by atoms with Crippen molar-refractivity contribution >= 4 is 28.4 Å². The molecule has 0 aliphatic rings. The molecule has 3 aromatic rings. The summed E-state index contributed by atoms with van der Waals surface area (Å²) in [5.74, 6) is 0.933. The second-order valence-corrected chi connectivity index (χ2v) is 6.35. The van der Waals surface area contributed by atoms with Crippen LogP contribution in [0, 0.1) is 18.3 Å². The summed E-state index contributed by atoms with van der Waals surface area (Å²) in [4.78, 5) is 20.9. The van der Waals surface area contributed by atoms with Gasteiger partial charge in [0.1, 0.15) is 11.9 Å². The van der Waals surface area contributed by atoms with Crippen molar-refractivity contribution < 1.29 is 4.79 Å². The van der Waals surface area contributed by atoms with Crippen molar-refractivity contribution in [1.29, 1.82) is 5.26 Å². The highest BCUT2D eigenvalue weighted by Gasteiger charge is 2.19. The number of aromatic nitrogens is 2. The van der Waals surface area contributed by atoms with Crippen molar-refractivity contribution in [2.75, 3.05) is 31.6 Å². The summed E-state index contributed by atoms with van der Waals surface area (Å²) in [6.45, 7) is 7.53. The maximum atomic E-state index is 12.5. The van der Waals surface area contributed by atoms with E-state index in [0.717, 1.165) is 22.4 Å². The normalized spacial score (nSPS) is 10.9. The van der Waals surface area contributed by atoms with E-state index in [0.29, 0.717) is 24.3 Å². The summed E-state index contributed by atoms with van der Waals surface area (Å²) in [6.07, 6.45) is 0. The van der Waals surface area contributed by atoms with Gasteiger partial charge in [-0.3, -0.25) is 9.20 Å². The molecule has 6 nitrogen and oxygen atoms in total. The topological polar surface area (TPSA) is 64.6 Å². The summed E-state index contributed by atoms with van der Waals surface area (Å²) in [7, 11) is 1.90. The summed E-state index contributed by atoms with van der Waals surface area (Å²) >= 11 is 0. The number of carbonyl (C=O) groups is 1. The predicted octanol–water partition coefficient (Wildman–Crippen LogP) is 2.97. The Morgan fingerprint density at radius 3 is 2.62 bits per heavy atom. The molecule has 0 saturated carbocycles. The number of rotatable bonds is 5. The number of imidazole rings is 1. The van der Waals surface area contributed by atoms with Crippen LogP contribution in [0.5, 0.6) is 0 Å². The number of fused-ring (bicyclic) bond motifs is 3. The molecule has 0 N–H and O–H groups in total. The lowest BCUT2D eigenvalue weighted by atomic mass is 10.1. The van der Waals surface area contributed by atoms with Crippen molar-refractivity contribution in [3.8, 4) is 6.07 Å². The molecule has 0 aliphatic carbocycles. The fourth-order valence-corrected chi connectivity index (χ4v) is 3.31. The van der Waals surface area contributed by atoms with Crippen LogP contribution in [0.4, 0.5) is 5.82 Å². The maximum absolute atomic E-state index is 12.5. The molecule has 3 rings (SSSR count). The van der Waals surface area contributed by atoms with Gasteiger partial charge in [0.05, 0.1) is 23.1 Å². The summed E-state index contributed by atoms with van der Waals surface area (Å²) in [6, 6.07) is 12.0. The van der Waals surface area contributed by atoms with Crippen LogP contribution in [0.2, 0.25) is 0 Å². The van der Waals surface area contributed by atoms with Crippen LogP contribution in [0.3, 0.4) is 0 Å².